The molecular formula is C15H24N4O5. The minimum Gasteiger partial charge on any atom is -0.483 e. The van der Waals surface area contributed by atoms with Crippen LogP contribution in [0.3, 0.4) is 0 Å². The van der Waals surface area contributed by atoms with Crippen molar-refractivity contribution in [3.63, 3.8) is 0 Å². The molecule has 0 aliphatic carbocycles. The summed E-state index contributed by atoms with van der Waals surface area (Å²) in [5.74, 6) is 0.676. The van der Waals surface area contributed by atoms with Gasteiger partial charge in [0.1, 0.15) is 5.82 Å². The number of carboxylic acid groups (broad SMARTS) is 1. The number of H-pyrrole nitrogens is 1. The number of aromatic amines is 1. The molecule has 1 saturated heterocycles. The third-order valence-corrected chi connectivity index (χ3v) is 3.59. The average Bonchev–Trinajstić information content (AvgIpc) is 2.95. The molecule has 0 saturated carbocycles. The van der Waals surface area contributed by atoms with Gasteiger partial charge in [-0.25, -0.2) is 4.98 Å². The molecule has 134 valence electrons. The number of carbonyl (C=O) groups is 3. The van der Waals surface area contributed by atoms with E-state index in [0.717, 1.165) is 24.4 Å². The Balaban J connectivity index is 0.000000891. The Labute approximate surface area is 140 Å². The molecule has 1 aromatic heterocycles. The summed E-state index contributed by atoms with van der Waals surface area (Å²) in [6, 6.07) is 0. The molecule has 0 aromatic carbocycles. The maximum absolute atomic E-state index is 12.3. The normalized spacial score (nSPS) is 13.9. The van der Waals surface area contributed by atoms with Crippen LogP contribution in [-0.4, -0.2) is 74.5 Å². The van der Waals surface area contributed by atoms with Crippen LogP contribution in [0.25, 0.3) is 0 Å². The Morgan fingerprint density at radius 3 is 2.75 bits per heavy atom. The quantitative estimate of drug-likeness (QED) is 0.613. The number of nitrogens with one attached hydrogen (secondary N) is 1. The van der Waals surface area contributed by atoms with Gasteiger partial charge in [-0.05, 0) is 19.8 Å². The fraction of sp³-hybridized carbons (Fsp3) is 0.600. The van der Waals surface area contributed by atoms with Crippen molar-refractivity contribution in [3.8, 4) is 0 Å². The molecule has 9 nitrogen and oxygen atoms in total. The highest BCUT2D eigenvalue weighted by atomic mass is 16.3. The van der Waals surface area contributed by atoms with E-state index in [1.54, 1.807) is 16.0 Å². The van der Waals surface area contributed by atoms with Crippen molar-refractivity contribution >= 4 is 18.3 Å². The first-order valence-electron chi connectivity index (χ1n) is 7.76. The number of aryl methyl sites for hydroxylation is 1. The summed E-state index contributed by atoms with van der Waals surface area (Å²) in [6.45, 7) is 2.83. The second kappa shape index (κ2) is 10.4. The number of carbonyl (C=O) groups excluding carboxylic acids is 2. The molecule has 0 bridgehead atoms. The van der Waals surface area contributed by atoms with E-state index in [4.69, 9.17) is 15.0 Å². The molecule has 1 aliphatic rings. The summed E-state index contributed by atoms with van der Waals surface area (Å²) in [4.78, 5) is 42.8. The van der Waals surface area contributed by atoms with Crippen LogP contribution in [0.2, 0.25) is 0 Å². The van der Waals surface area contributed by atoms with Gasteiger partial charge < -0.3 is 25.0 Å². The fourth-order valence-corrected chi connectivity index (χ4v) is 2.46. The summed E-state index contributed by atoms with van der Waals surface area (Å²) in [7, 11) is 0. The lowest BCUT2D eigenvalue weighted by Crippen LogP contribution is -2.45. The molecule has 0 spiro atoms. The van der Waals surface area contributed by atoms with Crippen molar-refractivity contribution in [1.29, 1.82) is 0 Å². The number of nitrogens with zero attached hydrogens (tertiary/aromatic N) is 3. The number of rotatable bonds is 6. The van der Waals surface area contributed by atoms with Crippen LogP contribution in [0.4, 0.5) is 0 Å². The molecule has 9 heteroatoms. The van der Waals surface area contributed by atoms with Gasteiger partial charge in [0, 0.05) is 19.5 Å². The molecule has 1 fully saturated rings. The summed E-state index contributed by atoms with van der Waals surface area (Å²) in [5.41, 5.74) is 0.819. The van der Waals surface area contributed by atoms with Crippen molar-refractivity contribution in [2.45, 2.75) is 32.7 Å². The number of imidazole rings is 1. The van der Waals surface area contributed by atoms with Crippen molar-refractivity contribution in [1.82, 2.24) is 19.8 Å². The highest BCUT2D eigenvalue weighted by molar-refractivity contribution is 5.85. The SMILES string of the molecule is Cc1ncc(CN(CCO)C(=O)CN2CCCCC2=O)[nH]1.O=CO. The van der Waals surface area contributed by atoms with Crippen LogP contribution in [0, 0.1) is 6.92 Å². The highest BCUT2D eigenvalue weighted by Gasteiger charge is 2.23. The molecule has 1 aromatic rings. The van der Waals surface area contributed by atoms with E-state index in [1.165, 1.54) is 0 Å². The van der Waals surface area contributed by atoms with Crippen LogP contribution < -0.4 is 0 Å². The highest BCUT2D eigenvalue weighted by Crippen LogP contribution is 2.11. The molecule has 2 rings (SSSR count). The second-order valence-corrected chi connectivity index (χ2v) is 5.41. The van der Waals surface area contributed by atoms with Crippen molar-refractivity contribution in [2.75, 3.05) is 26.2 Å². The first-order chi connectivity index (χ1) is 11.5. The fourth-order valence-electron chi connectivity index (χ4n) is 2.46. The van der Waals surface area contributed by atoms with E-state index in [-0.39, 0.29) is 38.0 Å². The van der Waals surface area contributed by atoms with Gasteiger partial charge in [0.05, 0.1) is 31.6 Å². The third-order valence-electron chi connectivity index (χ3n) is 3.59. The lowest BCUT2D eigenvalue weighted by molar-refractivity contribution is -0.142. The van der Waals surface area contributed by atoms with E-state index in [2.05, 4.69) is 9.97 Å². The molecular weight excluding hydrogens is 316 g/mol. The van der Waals surface area contributed by atoms with Crippen LogP contribution in [-0.2, 0) is 20.9 Å². The lowest BCUT2D eigenvalue weighted by Gasteiger charge is -2.29. The Morgan fingerprint density at radius 1 is 1.50 bits per heavy atom. The Kier molecular flexibility index (Phi) is 8.48. The van der Waals surface area contributed by atoms with Crippen LogP contribution >= 0.6 is 0 Å². The number of hydrogen-bond donors (Lipinski definition) is 3. The molecule has 2 heterocycles. The predicted octanol–water partition coefficient (Wildman–Crippen LogP) is -0.248. The summed E-state index contributed by atoms with van der Waals surface area (Å²) >= 11 is 0. The largest absolute Gasteiger partial charge is 0.483 e. The molecule has 2 amide bonds. The average molecular weight is 340 g/mol. The van der Waals surface area contributed by atoms with Crippen LogP contribution in [0.15, 0.2) is 6.20 Å². The van der Waals surface area contributed by atoms with Gasteiger partial charge in [0.2, 0.25) is 11.8 Å². The van der Waals surface area contributed by atoms with Crippen molar-refractivity contribution < 1.29 is 24.6 Å². The van der Waals surface area contributed by atoms with E-state index in [1.807, 2.05) is 6.92 Å². The van der Waals surface area contributed by atoms with Crippen LogP contribution in [0.5, 0.6) is 0 Å². The molecule has 3 N–H and O–H groups in total. The summed E-state index contributed by atoms with van der Waals surface area (Å²) in [6.07, 6.45) is 4.04. The molecule has 1 aliphatic heterocycles. The van der Waals surface area contributed by atoms with E-state index >= 15 is 0 Å². The van der Waals surface area contributed by atoms with E-state index in [0.29, 0.717) is 19.5 Å². The number of aromatic nitrogens is 2. The minimum absolute atomic E-state index is 0.0379. The monoisotopic (exact) mass is 340 g/mol. The van der Waals surface area contributed by atoms with Crippen molar-refractivity contribution in [2.24, 2.45) is 0 Å². The molecule has 24 heavy (non-hydrogen) atoms. The van der Waals surface area contributed by atoms with Gasteiger partial charge in [-0.1, -0.05) is 0 Å². The first kappa shape index (κ1) is 19.6. The number of piperidine rings is 1. The number of aliphatic hydroxyl groups excluding tert-OH is 1. The van der Waals surface area contributed by atoms with Crippen LogP contribution in [0.1, 0.15) is 30.8 Å². The second-order valence-electron chi connectivity index (χ2n) is 5.41. The topological polar surface area (TPSA) is 127 Å². The van der Waals surface area contributed by atoms with E-state index < -0.39 is 0 Å². The maximum atomic E-state index is 12.3. The summed E-state index contributed by atoms with van der Waals surface area (Å²) < 4.78 is 0. The first-order valence-corrected chi connectivity index (χ1v) is 7.76. The molecule has 0 unspecified atom stereocenters. The molecule has 0 atom stereocenters. The van der Waals surface area contributed by atoms with Crippen molar-refractivity contribution in [3.05, 3.63) is 17.7 Å². The zero-order valence-corrected chi connectivity index (χ0v) is 13.8. The van der Waals surface area contributed by atoms with Gasteiger partial charge in [-0.3, -0.25) is 14.4 Å². The molecule has 0 radical (unpaired) electrons. The Morgan fingerprint density at radius 2 is 2.21 bits per heavy atom. The maximum Gasteiger partial charge on any atom is 0.290 e. The van der Waals surface area contributed by atoms with Gasteiger partial charge in [-0.2, -0.15) is 0 Å². The number of hydrogen-bond acceptors (Lipinski definition) is 5. The zero-order chi connectivity index (χ0) is 17.9. The number of amides is 2. The third kappa shape index (κ3) is 6.37. The van der Waals surface area contributed by atoms with Gasteiger partial charge >= 0.3 is 0 Å². The standard InChI is InChI=1S/C14H22N4O3.CH2O2/c1-11-15-8-12(16-11)9-18(6-7-19)14(21)10-17-5-3-2-4-13(17)20;2-1-3/h8,19H,2-7,9-10H2,1H3,(H,15,16);1H,(H,2,3). The Hall–Kier alpha value is -2.42. The minimum atomic E-state index is -0.250. The van der Waals surface area contributed by atoms with Gasteiger partial charge in [0.25, 0.3) is 6.47 Å². The van der Waals surface area contributed by atoms with Gasteiger partial charge in [-0.15, -0.1) is 0 Å². The lowest BCUT2D eigenvalue weighted by atomic mass is 10.1. The van der Waals surface area contributed by atoms with Gasteiger partial charge in [0.15, 0.2) is 0 Å². The zero-order valence-electron chi connectivity index (χ0n) is 13.8. The Bertz CT molecular complexity index is 546. The van der Waals surface area contributed by atoms with E-state index in [9.17, 15) is 9.59 Å². The predicted molar refractivity (Wildman–Crippen MR) is 85.0 cm³/mol. The smallest absolute Gasteiger partial charge is 0.290 e. The summed E-state index contributed by atoms with van der Waals surface area (Å²) in [5, 5.41) is 16.0. The number of aliphatic hydroxyl groups is 1. The number of likely N-dealkylation sites (tertiary alicyclic amines) is 1.